The molecule has 1 aromatic heterocycles. The van der Waals surface area contributed by atoms with Gasteiger partial charge in [0.1, 0.15) is 22.9 Å². The Kier molecular flexibility index (Phi) is 4.14. The summed E-state index contributed by atoms with van der Waals surface area (Å²) in [6.07, 6.45) is 0.897. The predicted molar refractivity (Wildman–Crippen MR) is 68.8 cm³/mol. The fourth-order valence-corrected chi connectivity index (χ4v) is 1.57. The summed E-state index contributed by atoms with van der Waals surface area (Å²) in [5.74, 6) is -1.28. The first kappa shape index (κ1) is 13.8. The zero-order valence-electron chi connectivity index (χ0n) is 10.7. The lowest BCUT2D eigenvalue weighted by Gasteiger charge is -2.09. The maximum Gasteiger partial charge on any atom is 0.341 e. The van der Waals surface area contributed by atoms with Gasteiger partial charge in [-0.25, -0.2) is 14.2 Å². The largest absolute Gasteiger partial charge is 0.494 e. The molecular formula is C14H12FNO4. The lowest BCUT2D eigenvalue weighted by Crippen LogP contribution is -2.03. The van der Waals surface area contributed by atoms with Crippen molar-refractivity contribution < 1.29 is 23.8 Å². The molecule has 0 aliphatic rings. The van der Waals surface area contributed by atoms with Crippen LogP contribution in [-0.2, 0) is 0 Å². The van der Waals surface area contributed by atoms with Crippen molar-refractivity contribution in [2.75, 3.05) is 6.61 Å². The quantitative estimate of drug-likeness (QED) is 0.909. The Morgan fingerprint density at radius 2 is 2.10 bits per heavy atom. The monoisotopic (exact) mass is 277 g/mol. The molecule has 0 saturated carbocycles. The minimum Gasteiger partial charge on any atom is -0.494 e. The fourth-order valence-electron chi connectivity index (χ4n) is 1.57. The van der Waals surface area contributed by atoms with Crippen LogP contribution >= 0.6 is 0 Å². The van der Waals surface area contributed by atoms with Crippen molar-refractivity contribution in [2.45, 2.75) is 6.92 Å². The van der Waals surface area contributed by atoms with Crippen LogP contribution < -0.4 is 9.47 Å². The number of carbonyl (C=O) groups is 1. The van der Waals surface area contributed by atoms with E-state index in [2.05, 4.69) is 4.98 Å². The third-order valence-electron chi connectivity index (χ3n) is 2.38. The van der Waals surface area contributed by atoms with Gasteiger partial charge >= 0.3 is 5.97 Å². The zero-order chi connectivity index (χ0) is 14.5. The fraction of sp³-hybridized carbons (Fsp3) is 0.143. The molecule has 6 heteroatoms. The Labute approximate surface area is 114 Å². The summed E-state index contributed by atoms with van der Waals surface area (Å²) in [4.78, 5) is 14.7. The Morgan fingerprint density at radius 3 is 2.80 bits per heavy atom. The number of hydrogen-bond donors (Lipinski definition) is 1. The highest BCUT2D eigenvalue weighted by molar-refractivity contribution is 5.90. The molecule has 2 aromatic rings. The van der Waals surface area contributed by atoms with Crippen molar-refractivity contribution in [2.24, 2.45) is 0 Å². The van der Waals surface area contributed by atoms with Gasteiger partial charge in [0.25, 0.3) is 0 Å². The molecule has 0 bridgehead atoms. The van der Waals surface area contributed by atoms with E-state index in [0.29, 0.717) is 18.1 Å². The molecule has 0 aliphatic heterocycles. The Bertz CT molecular complexity index is 630. The van der Waals surface area contributed by atoms with E-state index in [9.17, 15) is 9.18 Å². The molecule has 0 aliphatic carbocycles. The highest BCUT2D eigenvalue weighted by Crippen LogP contribution is 2.26. The van der Waals surface area contributed by atoms with E-state index >= 15 is 0 Å². The average molecular weight is 277 g/mol. The third-order valence-corrected chi connectivity index (χ3v) is 2.38. The number of aromatic carboxylic acids is 1. The summed E-state index contributed by atoms with van der Waals surface area (Å²) in [5.41, 5.74) is -0.341. The minimum atomic E-state index is -1.31. The number of aromatic nitrogens is 1. The molecule has 0 atom stereocenters. The van der Waals surface area contributed by atoms with E-state index in [0.717, 1.165) is 12.3 Å². The van der Waals surface area contributed by atoms with Gasteiger partial charge in [0.05, 0.1) is 12.8 Å². The molecule has 2 rings (SSSR count). The molecule has 104 valence electrons. The van der Waals surface area contributed by atoms with Gasteiger partial charge in [0.15, 0.2) is 0 Å². The number of halogens is 1. The Balaban J connectivity index is 2.30. The standard InChI is InChI=1S/C14H12FNO4/c1-2-19-10-4-3-5-11(7-10)20-13-12(14(17)18)6-9(15)8-16-13/h3-8H,2H2,1H3,(H,17,18). The third kappa shape index (κ3) is 3.23. The highest BCUT2D eigenvalue weighted by Gasteiger charge is 2.15. The second kappa shape index (κ2) is 6.01. The number of pyridine rings is 1. The van der Waals surface area contributed by atoms with E-state index in [1.807, 2.05) is 6.92 Å². The maximum atomic E-state index is 13.0. The van der Waals surface area contributed by atoms with Crippen molar-refractivity contribution in [1.82, 2.24) is 4.98 Å². The van der Waals surface area contributed by atoms with Crippen LogP contribution in [0.4, 0.5) is 4.39 Å². The molecule has 0 radical (unpaired) electrons. The normalized spacial score (nSPS) is 10.1. The van der Waals surface area contributed by atoms with Crippen LogP contribution in [0.3, 0.4) is 0 Å². The van der Waals surface area contributed by atoms with Crippen molar-refractivity contribution in [3.63, 3.8) is 0 Å². The topological polar surface area (TPSA) is 68.7 Å². The minimum absolute atomic E-state index is 0.174. The second-order valence-corrected chi connectivity index (χ2v) is 3.82. The molecule has 1 N–H and O–H groups in total. The number of ether oxygens (including phenoxy) is 2. The molecule has 1 heterocycles. The number of carboxylic acids is 1. The van der Waals surface area contributed by atoms with Crippen LogP contribution in [0.25, 0.3) is 0 Å². The summed E-state index contributed by atoms with van der Waals surface area (Å²) in [6, 6.07) is 7.52. The second-order valence-electron chi connectivity index (χ2n) is 3.82. The number of hydrogen-bond acceptors (Lipinski definition) is 4. The van der Waals surface area contributed by atoms with E-state index in [-0.39, 0.29) is 11.4 Å². The molecule has 0 spiro atoms. The first-order valence-electron chi connectivity index (χ1n) is 5.89. The molecule has 20 heavy (non-hydrogen) atoms. The number of nitrogens with zero attached hydrogens (tertiary/aromatic N) is 1. The van der Waals surface area contributed by atoms with Gasteiger partial charge in [-0.3, -0.25) is 0 Å². The van der Waals surface area contributed by atoms with Gasteiger partial charge in [-0.05, 0) is 25.1 Å². The van der Waals surface area contributed by atoms with Gasteiger partial charge in [-0.2, -0.15) is 0 Å². The van der Waals surface area contributed by atoms with E-state index in [1.165, 1.54) is 0 Å². The zero-order valence-corrected chi connectivity index (χ0v) is 10.7. The molecule has 1 aromatic carbocycles. The smallest absolute Gasteiger partial charge is 0.341 e. The van der Waals surface area contributed by atoms with Crippen molar-refractivity contribution >= 4 is 5.97 Å². The van der Waals surface area contributed by atoms with Gasteiger partial charge in [0, 0.05) is 6.07 Å². The SMILES string of the molecule is CCOc1cccc(Oc2ncc(F)cc2C(=O)O)c1. The molecule has 0 fully saturated rings. The van der Waals surface area contributed by atoms with Crippen LogP contribution in [0.1, 0.15) is 17.3 Å². The predicted octanol–water partition coefficient (Wildman–Crippen LogP) is 3.11. The lowest BCUT2D eigenvalue weighted by molar-refractivity contribution is 0.0692. The summed E-state index contributed by atoms with van der Waals surface area (Å²) < 4.78 is 23.7. The first-order chi connectivity index (χ1) is 9.60. The summed E-state index contributed by atoms with van der Waals surface area (Å²) in [5, 5.41) is 9.00. The van der Waals surface area contributed by atoms with Crippen molar-refractivity contribution in [3.05, 3.63) is 47.9 Å². The molecular weight excluding hydrogens is 265 g/mol. The van der Waals surface area contributed by atoms with Crippen molar-refractivity contribution in [3.8, 4) is 17.4 Å². The van der Waals surface area contributed by atoms with Crippen LogP contribution in [0.2, 0.25) is 0 Å². The van der Waals surface area contributed by atoms with E-state index in [4.69, 9.17) is 14.6 Å². The van der Waals surface area contributed by atoms with Crippen LogP contribution in [0.5, 0.6) is 17.4 Å². The lowest BCUT2D eigenvalue weighted by atomic mass is 10.2. The molecule has 0 saturated heterocycles. The highest BCUT2D eigenvalue weighted by atomic mass is 19.1. The molecule has 5 nitrogen and oxygen atoms in total. The number of benzene rings is 1. The van der Waals surface area contributed by atoms with Crippen LogP contribution in [0.15, 0.2) is 36.5 Å². The Morgan fingerprint density at radius 1 is 1.35 bits per heavy atom. The first-order valence-corrected chi connectivity index (χ1v) is 5.89. The van der Waals surface area contributed by atoms with Crippen molar-refractivity contribution in [1.29, 1.82) is 0 Å². The van der Waals surface area contributed by atoms with Crippen LogP contribution in [0, 0.1) is 5.82 Å². The summed E-state index contributed by atoms with van der Waals surface area (Å²) in [6.45, 7) is 2.34. The summed E-state index contributed by atoms with van der Waals surface area (Å²) >= 11 is 0. The average Bonchev–Trinajstić information content (AvgIpc) is 2.41. The number of rotatable bonds is 5. The van der Waals surface area contributed by atoms with Gasteiger partial charge < -0.3 is 14.6 Å². The van der Waals surface area contributed by atoms with Crippen LogP contribution in [-0.4, -0.2) is 22.7 Å². The molecule has 0 unspecified atom stereocenters. The van der Waals surface area contributed by atoms with E-state index < -0.39 is 11.8 Å². The number of carboxylic acid groups (broad SMARTS) is 1. The van der Waals surface area contributed by atoms with Gasteiger partial charge in [0.2, 0.25) is 5.88 Å². The van der Waals surface area contributed by atoms with Gasteiger partial charge in [-0.15, -0.1) is 0 Å². The molecule has 0 amide bonds. The van der Waals surface area contributed by atoms with E-state index in [1.54, 1.807) is 24.3 Å². The maximum absolute atomic E-state index is 13.0. The van der Waals surface area contributed by atoms with Gasteiger partial charge in [-0.1, -0.05) is 6.07 Å². The summed E-state index contributed by atoms with van der Waals surface area (Å²) in [7, 11) is 0. The Hall–Kier alpha value is -2.63.